The molecule has 1 aromatic rings. The maximum absolute atomic E-state index is 11.5. The van der Waals surface area contributed by atoms with E-state index in [1.807, 2.05) is 24.3 Å². The SMILES string of the molecule is CC1(C)OC(=O)C(C#N)=C1/C=C/c1ccc(N)cc1. The summed E-state index contributed by atoms with van der Waals surface area (Å²) in [6.45, 7) is 3.52. The summed E-state index contributed by atoms with van der Waals surface area (Å²) in [6, 6.07) is 9.21. The van der Waals surface area contributed by atoms with Crippen LogP contribution < -0.4 is 5.73 Å². The number of nitriles is 1. The standard InChI is InChI=1S/C15H14N2O2/c1-15(2)13(12(9-16)14(18)19-15)8-5-10-3-6-11(17)7-4-10/h3-8H,17H2,1-2H3/b8-5+. The Bertz CT molecular complexity index is 617. The van der Waals surface area contributed by atoms with Crippen molar-refractivity contribution in [3.8, 4) is 6.07 Å². The van der Waals surface area contributed by atoms with Crippen molar-refractivity contribution in [1.82, 2.24) is 0 Å². The minimum atomic E-state index is -0.771. The second-order valence-corrected chi connectivity index (χ2v) is 4.80. The molecule has 0 unspecified atom stereocenters. The first-order chi connectivity index (χ1) is 8.94. The second kappa shape index (κ2) is 4.62. The van der Waals surface area contributed by atoms with Gasteiger partial charge in [-0.25, -0.2) is 4.79 Å². The summed E-state index contributed by atoms with van der Waals surface area (Å²) >= 11 is 0. The van der Waals surface area contributed by atoms with E-state index in [2.05, 4.69) is 0 Å². The normalized spacial score (nSPS) is 17.6. The van der Waals surface area contributed by atoms with E-state index in [1.165, 1.54) is 0 Å². The van der Waals surface area contributed by atoms with Crippen LogP contribution in [0.1, 0.15) is 19.4 Å². The van der Waals surface area contributed by atoms with Crippen molar-refractivity contribution in [2.75, 3.05) is 5.73 Å². The molecule has 4 heteroatoms. The zero-order valence-corrected chi connectivity index (χ0v) is 10.8. The Balaban J connectivity index is 2.36. The van der Waals surface area contributed by atoms with Gasteiger partial charge in [-0.1, -0.05) is 24.3 Å². The zero-order valence-electron chi connectivity index (χ0n) is 10.8. The summed E-state index contributed by atoms with van der Waals surface area (Å²) in [5, 5.41) is 9.01. The van der Waals surface area contributed by atoms with Crippen molar-refractivity contribution in [3.05, 3.63) is 47.1 Å². The third-order valence-electron chi connectivity index (χ3n) is 2.96. The van der Waals surface area contributed by atoms with Gasteiger partial charge in [0.25, 0.3) is 0 Å². The number of nitrogens with zero attached hydrogens (tertiary/aromatic N) is 1. The lowest BCUT2D eigenvalue weighted by Gasteiger charge is -2.18. The summed E-state index contributed by atoms with van der Waals surface area (Å²) in [5.74, 6) is -0.565. The van der Waals surface area contributed by atoms with Crippen molar-refractivity contribution in [3.63, 3.8) is 0 Å². The van der Waals surface area contributed by atoms with Crippen molar-refractivity contribution in [2.45, 2.75) is 19.4 Å². The lowest BCUT2D eigenvalue weighted by atomic mass is 9.95. The lowest BCUT2D eigenvalue weighted by Crippen LogP contribution is -2.22. The fraction of sp³-hybridized carbons (Fsp3) is 0.200. The fourth-order valence-corrected chi connectivity index (χ4v) is 1.93. The summed E-state index contributed by atoms with van der Waals surface area (Å²) < 4.78 is 5.17. The summed E-state index contributed by atoms with van der Waals surface area (Å²) in [6.07, 6.45) is 3.57. The van der Waals surface area contributed by atoms with E-state index < -0.39 is 11.6 Å². The third-order valence-corrected chi connectivity index (χ3v) is 2.96. The molecule has 96 valence electrons. The van der Waals surface area contributed by atoms with Gasteiger partial charge in [0.05, 0.1) is 0 Å². The van der Waals surface area contributed by atoms with E-state index in [9.17, 15) is 4.79 Å². The summed E-state index contributed by atoms with van der Waals surface area (Å²) in [7, 11) is 0. The largest absolute Gasteiger partial charge is 0.451 e. The lowest BCUT2D eigenvalue weighted by molar-refractivity contribution is -0.144. The molecule has 0 fully saturated rings. The van der Waals surface area contributed by atoms with Crippen LogP contribution in [0.3, 0.4) is 0 Å². The molecule has 0 atom stereocenters. The zero-order chi connectivity index (χ0) is 14.0. The van der Waals surface area contributed by atoms with E-state index in [0.717, 1.165) is 5.56 Å². The van der Waals surface area contributed by atoms with Crippen molar-refractivity contribution in [2.24, 2.45) is 0 Å². The Morgan fingerprint density at radius 2 is 1.89 bits per heavy atom. The van der Waals surface area contributed by atoms with Gasteiger partial charge in [0.2, 0.25) is 0 Å². The summed E-state index contributed by atoms with van der Waals surface area (Å²) in [5.41, 5.74) is 7.13. The molecule has 0 radical (unpaired) electrons. The fourth-order valence-electron chi connectivity index (χ4n) is 1.93. The van der Waals surface area contributed by atoms with Crippen molar-refractivity contribution < 1.29 is 9.53 Å². The van der Waals surface area contributed by atoms with Crippen LogP contribution in [-0.4, -0.2) is 11.6 Å². The quantitative estimate of drug-likeness (QED) is 0.649. The number of cyclic esters (lactones) is 1. The Hall–Kier alpha value is -2.54. The molecule has 1 aliphatic rings. The predicted octanol–water partition coefficient (Wildman–Crippen LogP) is 2.44. The molecule has 0 amide bonds. The Morgan fingerprint density at radius 3 is 2.47 bits per heavy atom. The van der Waals surface area contributed by atoms with E-state index >= 15 is 0 Å². The number of rotatable bonds is 2. The first-order valence-electron chi connectivity index (χ1n) is 5.86. The number of carbonyl (C=O) groups excluding carboxylic acids is 1. The molecule has 1 heterocycles. The molecule has 4 nitrogen and oxygen atoms in total. The van der Waals surface area contributed by atoms with Gasteiger partial charge >= 0.3 is 5.97 Å². The number of anilines is 1. The topological polar surface area (TPSA) is 76.1 Å². The van der Waals surface area contributed by atoms with Gasteiger partial charge in [0, 0.05) is 11.3 Å². The molecule has 1 aliphatic heterocycles. The maximum atomic E-state index is 11.5. The molecular formula is C15H14N2O2. The molecule has 0 saturated carbocycles. The Kier molecular flexibility index (Phi) is 3.14. The molecule has 0 aromatic heterocycles. The number of nitrogen functional groups attached to an aromatic ring is 1. The minimum Gasteiger partial charge on any atom is -0.451 e. The molecule has 0 saturated heterocycles. The van der Waals surface area contributed by atoms with Gasteiger partial charge < -0.3 is 10.5 Å². The van der Waals surface area contributed by atoms with E-state index in [1.54, 1.807) is 32.1 Å². The van der Waals surface area contributed by atoms with Crippen molar-refractivity contribution in [1.29, 1.82) is 5.26 Å². The Morgan fingerprint density at radius 1 is 1.26 bits per heavy atom. The van der Waals surface area contributed by atoms with Crippen molar-refractivity contribution >= 4 is 17.7 Å². The van der Waals surface area contributed by atoms with Crippen LogP contribution in [0.4, 0.5) is 5.69 Å². The van der Waals surface area contributed by atoms with Crippen LogP contribution in [0.25, 0.3) is 6.08 Å². The molecule has 2 rings (SSSR count). The van der Waals surface area contributed by atoms with E-state index in [-0.39, 0.29) is 5.57 Å². The van der Waals surface area contributed by atoms with Gasteiger partial charge in [0.15, 0.2) is 0 Å². The number of ether oxygens (including phenoxy) is 1. The highest BCUT2D eigenvalue weighted by atomic mass is 16.6. The number of hydrogen-bond acceptors (Lipinski definition) is 4. The molecule has 1 aromatic carbocycles. The Labute approximate surface area is 111 Å². The molecule has 19 heavy (non-hydrogen) atoms. The molecular weight excluding hydrogens is 240 g/mol. The molecule has 2 N–H and O–H groups in total. The van der Waals surface area contributed by atoms with Gasteiger partial charge in [-0.2, -0.15) is 5.26 Å². The van der Waals surface area contributed by atoms with Crippen LogP contribution in [0.15, 0.2) is 41.5 Å². The minimum absolute atomic E-state index is 0.0664. The maximum Gasteiger partial charge on any atom is 0.350 e. The first kappa shape index (κ1) is 12.9. The van der Waals surface area contributed by atoms with Crippen LogP contribution in [0, 0.1) is 11.3 Å². The van der Waals surface area contributed by atoms with Gasteiger partial charge in [-0.05, 0) is 31.5 Å². The first-order valence-corrected chi connectivity index (χ1v) is 5.86. The van der Waals surface area contributed by atoms with E-state index in [0.29, 0.717) is 11.3 Å². The van der Waals surface area contributed by atoms with Gasteiger partial charge in [-0.15, -0.1) is 0 Å². The highest BCUT2D eigenvalue weighted by molar-refractivity contribution is 5.98. The van der Waals surface area contributed by atoms with Crippen LogP contribution in [0.2, 0.25) is 0 Å². The highest BCUT2D eigenvalue weighted by Gasteiger charge is 2.39. The summed E-state index contributed by atoms with van der Waals surface area (Å²) in [4.78, 5) is 11.5. The number of esters is 1. The monoisotopic (exact) mass is 254 g/mol. The average Bonchev–Trinajstić information content (AvgIpc) is 2.57. The molecule has 0 spiro atoms. The number of benzene rings is 1. The van der Waals surface area contributed by atoms with Gasteiger partial charge in [-0.3, -0.25) is 0 Å². The molecule has 0 aliphatic carbocycles. The smallest absolute Gasteiger partial charge is 0.350 e. The number of hydrogen-bond donors (Lipinski definition) is 1. The average molecular weight is 254 g/mol. The van der Waals surface area contributed by atoms with Crippen LogP contribution in [-0.2, 0) is 9.53 Å². The highest BCUT2D eigenvalue weighted by Crippen LogP contribution is 2.33. The number of carbonyl (C=O) groups is 1. The number of nitrogens with two attached hydrogens (primary N) is 1. The van der Waals surface area contributed by atoms with Crippen LogP contribution in [0.5, 0.6) is 0 Å². The van der Waals surface area contributed by atoms with Crippen LogP contribution >= 0.6 is 0 Å². The second-order valence-electron chi connectivity index (χ2n) is 4.80. The third kappa shape index (κ3) is 2.50. The van der Waals surface area contributed by atoms with E-state index in [4.69, 9.17) is 15.7 Å². The molecule has 0 bridgehead atoms. The predicted molar refractivity (Wildman–Crippen MR) is 72.7 cm³/mol. The van der Waals surface area contributed by atoms with Gasteiger partial charge in [0.1, 0.15) is 17.2 Å².